The summed E-state index contributed by atoms with van der Waals surface area (Å²) in [6.07, 6.45) is 4.72. The fourth-order valence-corrected chi connectivity index (χ4v) is 4.05. The Morgan fingerprint density at radius 1 is 1.16 bits per heavy atom. The standard InChI is InChI=1S/C20H23N5O5S/c1-4-5-18(26)23-31(29,30)20(3,28)24-13-10-17(14(2)19(24)27)15-6-8-16(9-7-15)25-21-11-12-22-25/h6-13,28H,4-5H2,1-3H3,(H,23,26)/t20-/m1/s1. The van der Waals surface area contributed by atoms with Gasteiger partial charge >= 0.3 is 0 Å². The second-order valence-electron chi connectivity index (χ2n) is 7.11. The Morgan fingerprint density at radius 3 is 2.35 bits per heavy atom. The van der Waals surface area contributed by atoms with Crippen molar-refractivity contribution in [3.05, 3.63) is 64.8 Å². The molecule has 3 aromatic rings. The monoisotopic (exact) mass is 445 g/mol. The molecule has 0 fully saturated rings. The van der Waals surface area contributed by atoms with Gasteiger partial charge in [0.15, 0.2) is 0 Å². The molecule has 2 aromatic heterocycles. The molecule has 0 bridgehead atoms. The summed E-state index contributed by atoms with van der Waals surface area (Å²) in [5.41, 5.74) is 1.56. The second-order valence-corrected chi connectivity index (χ2v) is 9.09. The molecule has 3 rings (SSSR count). The van der Waals surface area contributed by atoms with E-state index < -0.39 is 26.5 Å². The minimum atomic E-state index is -4.58. The molecule has 1 atom stereocenters. The Labute approximate surface area is 179 Å². The predicted molar refractivity (Wildman–Crippen MR) is 114 cm³/mol. The number of aromatic nitrogens is 4. The average Bonchev–Trinajstić information content (AvgIpc) is 3.24. The molecule has 0 saturated heterocycles. The van der Waals surface area contributed by atoms with Crippen LogP contribution in [0.15, 0.2) is 53.7 Å². The van der Waals surface area contributed by atoms with Gasteiger partial charge in [-0.25, -0.2) is 13.1 Å². The Kier molecular flexibility index (Phi) is 6.09. The number of rotatable bonds is 7. The molecule has 11 heteroatoms. The topological polar surface area (TPSA) is 136 Å². The van der Waals surface area contributed by atoms with Crippen molar-refractivity contribution in [3.8, 4) is 16.8 Å². The molecule has 0 aliphatic heterocycles. The molecule has 0 radical (unpaired) electrons. The van der Waals surface area contributed by atoms with Crippen LogP contribution in [0, 0.1) is 6.92 Å². The van der Waals surface area contributed by atoms with Crippen molar-refractivity contribution in [2.45, 2.75) is 38.7 Å². The normalized spacial score (nSPS) is 13.5. The SMILES string of the molecule is CCCC(=O)NS(=O)(=O)[C@@](C)(O)n1ccc(-c2ccc(-n3nccn3)cc2)c(C)c1=O. The number of hydrogen-bond donors (Lipinski definition) is 2. The summed E-state index contributed by atoms with van der Waals surface area (Å²) < 4.78 is 27.6. The molecule has 0 unspecified atom stereocenters. The van der Waals surface area contributed by atoms with Crippen LogP contribution in [0.5, 0.6) is 0 Å². The molecule has 2 N–H and O–H groups in total. The van der Waals surface area contributed by atoms with E-state index in [1.165, 1.54) is 24.0 Å². The lowest BCUT2D eigenvalue weighted by Gasteiger charge is -2.26. The third-order valence-electron chi connectivity index (χ3n) is 4.84. The number of nitrogens with zero attached hydrogens (tertiary/aromatic N) is 4. The fraction of sp³-hybridized carbons (Fsp3) is 0.300. The maximum atomic E-state index is 12.9. The Hall–Kier alpha value is -3.31. The zero-order valence-corrected chi connectivity index (χ0v) is 18.1. The first-order valence-corrected chi connectivity index (χ1v) is 11.0. The predicted octanol–water partition coefficient (Wildman–Crippen LogP) is 1.27. The molecule has 0 aliphatic carbocycles. The van der Waals surface area contributed by atoms with Gasteiger partial charge in [0.05, 0.1) is 18.1 Å². The average molecular weight is 446 g/mol. The Balaban J connectivity index is 1.96. The van der Waals surface area contributed by atoms with Crippen LogP contribution in [0.3, 0.4) is 0 Å². The molecule has 2 heterocycles. The minimum Gasteiger partial charge on any atom is -0.357 e. The van der Waals surface area contributed by atoms with E-state index in [-0.39, 0.29) is 12.0 Å². The lowest BCUT2D eigenvalue weighted by molar-refractivity contribution is -0.119. The number of carbonyl (C=O) groups excluding carboxylic acids is 1. The molecule has 10 nitrogen and oxygen atoms in total. The van der Waals surface area contributed by atoms with E-state index in [1.54, 1.807) is 43.6 Å². The Morgan fingerprint density at radius 2 is 1.77 bits per heavy atom. The van der Waals surface area contributed by atoms with Crippen LogP contribution in [0.2, 0.25) is 0 Å². The maximum Gasteiger partial charge on any atom is 0.285 e. The zero-order chi connectivity index (χ0) is 22.8. The number of pyridine rings is 1. The highest BCUT2D eigenvalue weighted by Gasteiger charge is 2.41. The van der Waals surface area contributed by atoms with E-state index in [9.17, 15) is 23.1 Å². The van der Waals surface area contributed by atoms with Gasteiger partial charge in [-0.15, -0.1) is 0 Å². The summed E-state index contributed by atoms with van der Waals surface area (Å²) in [4.78, 5) is 26.1. The van der Waals surface area contributed by atoms with E-state index >= 15 is 0 Å². The molecule has 31 heavy (non-hydrogen) atoms. The van der Waals surface area contributed by atoms with Crippen molar-refractivity contribution in [2.75, 3.05) is 0 Å². The van der Waals surface area contributed by atoms with Crippen molar-refractivity contribution in [3.63, 3.8) is 0 Å². The van der Waals surface area contributed by atoms with Gasteiger partial charge in [-0.2, -0.15) is 15.0 Å². The van der Waals surface area contributed by atoms with Crippen LogP contribution in [0.1, 0.15) is 32.3 Å². The van der Waals surface area contributed by atoms with Crippen LogP contribution in [0.25, 0.3) is 16.8 Å². The van der Waals surface area contributed by atoms with E-state index in [0.717, 1.165) is 18.2 Å². The van der Waals surface area contributed by atoms with E-state index in [0.29, 0.717) is 16.6 Å². The van der Waals surface area contributed by atoms with Crippen LogP contribution in [-0.4, -0.2) is 39.0 Å². The summed E-state index contributed by atoms with van der Waals surface area (Å²) >= 11 is 0. The van der Waals surface area contributed by atoms with E-state index in [2.05, 4.69) is 10.2 Å². The van der Waals surface area contributed by atoms with Crippen LogP contribution in [-0.2, 0) is 19.9 Å². The van der Waals surface area contributed by atoms with Gasteiger partial charge in [0.2, 0.25) is 5.91 Å². The molecule has 0 spiro atoms. The van der Waals surface area contributed by atoms with E-state index in [4.69, 9.17) is 0 Å². The lowest BCUT2D eigenvalue weighted by Crippen LogP contribution is -2.51. The third kappa shape index (κ3) is 4.28. The van der Waals surface area contributed by atoms with Crippen LogP contribution < -0.4 is 10.3 Å². The molecule has 1 aromatic carbocycles. The number of hydrogen-bond acceptors (Lipinski definition) is 7. The summed E-state index contributed by atoms with van der Waals surface area (Å²) in [6, 6.07) is 8.67. The zero-order valence-electron chi connectivity index (χ0n) is 17.3. The summed E-state index contributed by atoms with van der Waals surface area (Å²) in [7, 11) is -4.58. The number of benzene rings is 1. The smallest absolute Gasteiger partial charge is 0.285 e. The van der Waals surface area contributed by atoms with Crippen molar-refractivity contribution >= 4 is 15.9 Å². The number of sulfonamides is 1. The van der Waals surface area contributed by atoms with Crippen molar-refractivity contribution in [1.29, 1.82) is 0 Å². The summed E-state index contributed by atoms with van der Waals surface area (Å²) in [6.45, 7) is 4.20. The largest absolute Gasteiger partial charge is 0.357 e. The number of aliphatic hydroxyl groups is 1. The van der Waals surface area contributed by atoms with Crippen LogP contribution >= 0.6 is 0 Å². The molecule has 0 aliphatic rings. The maximum absolute atomic E-state index is 12.9. The molecule has 164 valence electrons. The molecular formula is C20H23N5O5S. The summed E-state index contributed by atoms with van der Waals surface area (Å²) in [5.74, 6) is -0.754. The molecular weight excluding hydrogens is 422 g/mol. The third-order valence-corrected chi connectivity index (χ3v) is 6.55. The van der Waals surface area contributed by atoms with Gasteiger partial charge in [0.1, 0.15) is 0 Å². The first kappa shape index (κ1) is 22.4. The number of amides is 1. The van der Waals surface area contributed by atoms with Crippen LogP contribution in [0.4, 0.5) is 0 Å². The molecule has 1 amide bonds. The highest BCUT2D eigenvalue weighted by atomic mass is 32.2. The van der Waals surface area contributed by atoms with Crippen molar-refractivity contribution < 1.29 is 18.3 Å². The minimum absolute atomic E-state index is 0.0216. The van der Waals surface area contributed by atoms with Gasteiger partial charge < -0.3 is 5.11 Å². The van der Waals surface area contributed by atoms with Crippen molar-refractivity contribution in [2.24, 2.45) is 0 Å². The van der Waals surface area contributed by atoms with Gasteiger partial charge in [0.25, 0.3) is 20.6 Å². The fourth-order valence-electron chi connectivity index (χ4n) is 3.05. The second kappa shape index (κ2) is 8.44. The summed E-state index contributed by atoms with van der Waals surface area (Å²) in [5, 5.41) is 16.1. The van der Waals surface area contributed by atoms with Gasteiger partial charge in [-0.05, 0) is 42.7 Å². The first-order chi connectivity index (χ1) is 14.6. The highest BCUT2D eigenvalue weighted by molar-refractivity contribution is 7.90. The highest BCUT2D eigenvalue weighted by Crippen LogP contribution is 2.25. The number of nitrogens with one attached hydrogen (secondary N) is 1. The first-order valence-electron chi connectivity index (χ1n) is 9.56. The van der Waals surface area contributed by atoms with Gasteiger partial charge in [-0.1, -0.05) is 19.1 Å². The van der Waals surface area contributed by atoms with Gasteiger partial charge in [0, 0.05) is 25.1 Å². The van der Waals surface area contributed by atoms with E-state index in [1.807, 2.05) is 4.72 Å². The quantitative estimate of drug-likeness (QED) is 0.559. The lowest BCUT2D eigenvalue weighted by atomic mass is 10.0. The molecule has 0 saturated carbocycles. The van der Waals surface area contributed by atoms with Crippen molar-refractivity contribution in [1.82, 2.24) is 24.3 Å². The Bertz CT molecular complexity index is 1250. The number of carbonyl (C=O) groups is 1. The van der Waals surface area contributed by atoms with Gasteiger partial charge in [-0.3, -0.25) is 14.2 Å².